The van der Waals surface area contributed by atoms with Gasteiger partial charge in [-0.25, -0.2) is 0 Å². The van der Waals surface area contributed by atoms with Crippen LogP contribution in [0.4, 0.5) is 5.69 Å². The number of methoxy groups -OCH3 is 1. The summed E-state index contributed by atoms with van der Waals surface area (Å²) in [6, 6.07) is 3.65. The molecule has 0 saturated heterocycles. The largest absolute Gasteiger partial charge is 0.496 e. The Morgan fingerprint density at radius 1 is 1.40 bits per heavy atom. The molecule has 0 aliphatic carbocycles. The third kappa shape index (κ3) is 2.62. The van der Waals surface area contributed by atoms with Crippen LogP contribution in [0.5, 0.6) is 5.75 Å². The van der Waals surface area contributed by atoms with Crippen molar-refractivity contribution in [1.82, 2.24) is 0 Å². The van der Waals surface area contributed by atoms with Gasteiger partial charge in [0.15, 0.2) is 0 Å². The standard InChI is InChI=1S/C11H15NO3/c1-7-8(2)10(15-3)5-4-9(7)12-6-11(13)14/h4-5,12H,6H2,1-3H3,(H,13,14). The topological polar surface area (TPSA) is 58.6 Å². The summed E-state index contributed by atoms with van der Waals surface area (Å²) in [6.07, 6.45) is 0. The highest BCUT2D eigenvalue weighted by Gasteiger charge is 2.06. The lowest BCUT2D eigenvalue weighted by molar-refractivity contribution is -0.134. The van der Waals surface area contributed by atoms with Gasteiger partial charge in [0, 0.05) is 5.69 Å². The third-order valence-electron chi connectivity index (χ3n) is 2.39. The molecular weight excluding hydrogens is 194 g/mol. The Bertz CT molecular complexity index is 374. The normalized spacial score (nSPS) is 9.80. The Morgan fingerprint density at radius 3 is 2.60 bits per heavy atom. The molecule has 1 aromatic carbocycles. The quantitative estimate of drug-likeness (QED) is 0.794. The van der Waals surface area contributed by atoms with Gasteiger partial charge < -0.3 is 15.2 Å². The molecular formula is C11H15NO3. The fourth-order valence-corrected chi connectivity index (χ4v) is 1.38. The van der Waals surface area contributed by atoms with Gasteiger partial charge in [0.05, 0.1) is 7.11 Å². The van der Waals surface area contributed by atoms with Crippen molar-refractivity contribution in [2.45, 2.75) is 13.8 Å². The molecule has 1 rings (SSSR count). The lowest BCUT2D eigenvalue weighted by atomic mass is 10.1. The van der Waals surface area contributed by atoms with Gasteiger partial charge in [-0.15, -0.1) is 0 Å². The van der Waals surface area contributed by atoms with E-state index < -0.39 is 5.97 Å². The maximum absolute atomic E-state index is 10.4. The molecule has 1 aromatic rings. The van der Waals surface area contributed by atoms with E-state index in [9.17, 15) is 4.79 Å². The number of anilines is 1. The summed E-state index contributed by atoms with van der Waals surface area (Å²) in [4.78, 5) is 10.4. The van der Waals surface area contributed by atoms with Crippen LogP contribution in [0.1, 0.15) is 11.1 Å². The first-order valence-corrected chi connectivity index (χ1v) is 4.66. The van der Waals surface area contributed by atoms with Crippen LogP contribution in [-0.4, -0.2) is 24.7 Å². The number of hydrogen-bond acceptors (Lipinski definition) is 3. The Kier molecular flexibility index (Phi) is 3.55. The van der Waals surface area contributed by atoms with Crippen LogP contribution in [-0.2, 0) is 4.79 Å². The molecule has 0 bridgehead atoms. The Hall–Kier alpha value is -1.71. The van der Waals surface area contributed by atoms with E-state index in [1.54, 1.807) is 7.11 Å². The van der Waals surface area contributed by atoms with E-state index >= 15 is 0 Å². The molecule has 0 aromatic heterocycles. The van der Waals surface area contributed by atoms with Gasteiger partial charge in [0.25, 0.3) is 0 Å². The predicted molar refractivity (Wildman–Crippen MR) is 58.6 cm³/mol. The van der Waals surface area contributed by atoms with Crippen LogP contribution in [0.3, 0.4) is 0 Å². The van der Waals surface area contributed by atoms with Gasteiger partial charge in [0.2, 0.25) is 0 Å². The van der Waals surface area contributed by atoms with E-state index in [-0.39, 0.29) is 6.54 Å². The molecule has 0 heterocycles. The number of carbonyl (C=O) groups is 1. The molecule has 0 aliphatic heterocycles. The van der Waals surface area contributed by atoms with Gasteiger partial charge >= 0.3 is 5.97 Å². The maximum atomic E-state index is 10.4. The summed E-state index contributed by atoms with van der Waals surface area (Å²) in [7, 11) is 1.62. The average molecular weight is 209 g/mol. The molecule has 15 heavy (non-hydrogen) atoms. The lowest BCUT2D eigenvalue weighted by Gasteiger charge is -2.13. The first-order chi connectivity index (χ1) is 7.06. The molecule has 0 fully saturated rings. The van der Waals surface area contributed by atoms with E-state index in [2.05, 4.69) is 5.32 Å². The Balaban J connectivity index is 2.91. The number of benzene rings is 1. The second-order valence-corrected chi connectivity index (χ2v) is 3.31. The minimum Gasteiger partial charge on any atom is -0.496 e. The van der Waals surface area contributed by atoms with Crippen LogP contribution < -0.4 is 10.1 Å². The molecule has 0 radical (unpaired) electrons. The van der Waals surface area contributed by atoms with Crippen molar-refractivity contribution in [2.24, 2.45) is 0 Å². The Labute approximate surface area is 88.9 Å². The summed E-state index contributed by atoms with van der Waals surface area (Å²) < 4.78 is 5.16. The fraction of sp³-hybridized carbons (Fsp3) is 0.364. The molecule has 4 nitrogen and oxygen atoms in total. The third-order valence-corrected chi connectivity index (χ3v) is 2.39. The number of aliphatic carboxylic acids is 1. The van der Waals surface area contributed by atoms with Gasteiger partial charge in [-0.3, -0.25) is 4.79 Å². The van der Waals surface area contributed by atoms with Gasteiger partial charge in [-0.1, -0.05) is 0 Å². The van der Waals surface area contributed by atoms with Crippen molar-refractivity contribution < 1.29 is 14.6 Å². The van der Waals surface area contributed by atoms with Crippen LogP contribution in [0.25, 0.3) is 0 Å². The first kappa shape index (κ1) is 11.4. The van der Waals surface area contributed by atoms with E-state index in [1.807, 2.05) is 26.0 Å². The van der Waals surface area contributed by atoms with Crippen molar-refractivity contribution in [2.75, 3.05) is 19.0 Å². The number of ether oxygens (including phenoxy) is 1. The van der Waals surface area contributed by atoms with Crippen LogP contribution in [0.2, 0.25) is 0 Å². The summed E-state index contributed by atoms with van der Waals surface area (Å²) in [5.74, 6) is -0.0590. The minimum atomic E-state index is -0.872. The van der Waals surface area contributed by atoms with Crippen molar-refractivity contribution in [3.8, 4) is 5.75 Å². The predicted octanol–water partition coefficient (Wildman–Crippen LogP) is 1.81. The monoisotopic (exact) mass is 209 g/mol. The molecule has 2 N–H and O–H groups in total. The van der Waals surface area contributed by atoms with Crippen LogP contribution >= 0.6 is 0 Å². The van der Waals surface area contributed by atoms with Crippen LogP contribution in [0.15, 0.2) is 12.1 Å². The van der Waals surface area contributed by atoms with Crippen molar-refractivity contribution in [3.63, 3.8) is 0 Å². The number of carboxylic acid groups (broad SMARTS) is 1. The second-order valence-electron chi connectivity index (χ2n) is 3.31. The smallest absolute Gasteiger partial charge is 0.322 e. The zero-order valence-corrected chi connectivity index (χ0v) is 9.13. The number of rotatable bonds is 4. The highest BCUT2D eigenvalue weighted by atomic mass is 16.5. The van der Waals surface area contributed by atoms with E-state index in [4.69, 9.17) is 9.84 Å². The molecule has 0 spiro atoms. The summed E-state index contributed by atoms with van der Waals surface area (Å²) in [5.41, 5.74) is 2.86. The van der Waals surface area contributed by atoms with E-state index in [0.29, 0.717) is 0 Å². The van der Waals surface area contributed by atoms with Crippen LogP contribution in [0, 0.1) is 13.8 Å². The fourth-order valence-electron chi connectivity index (χ4n) is 1.38. The minimum absolute atomic E-state index is 0.0768. The summed E-state index contributed by atoms with van der Waals surface area (Å²) in [5, 5.41) is 11.4. The number of nitrogens with one attached hydrogen (secondary N) is 1. The highest BCUT2D eigenvalue weighted by molar-refractivity contribution is 5.73. The molecule has 0 aliphatic rings. The molecule has 4 heteroatoms. The maximum Gasteiger partial charge on any atom is 0.322 e. The Morgan fingerprint density at radius 2 is 2.07 bits per heavy atom. The molecule has 0 saturated carbocycles. The number of carboxylic acids is 1. The average Bonchev–Trinajstić information content (AvgIpc) is 2.20. The van der Waals surface area contributed by atoms with Gasteiger partial charge in [-0.05, 0) is 37.1 Å². The number of hydrogen-bond donors (Lipinski definition) is 2. The molecule has 82 valence electrons. The zero-order valence-electron chi connectivity index (χ0n) is 9.13. The second kappa shape index (κ2) is 4.68. The lowest BCUT2D eigenvalue weighted by Crippen LogP contribution is -2.13. The van der Waals surface area contributed by atoms with Crippen molar-refractivity contribution in [1.29, 1.82) is 0 Å². The van der Waals surface area contributed by atoms with Gasteiger partial charge in [-0.2, -0.15) is 0 Å². The molecule has 0 amide bonds. The van der Waals surface area contributed by atoms with E-state index in [1.165, 1.54) is 0 Å². The van der Waals surface area contributed by atoms with Crippen molar-refractivity contribution in [3.05, 3.63) is 23.3 Å². The first-order valence-electron chi connectivity index (χ1n) is 4.66. The van der Waals surface area contributed by atoms with Gasteiger partial charge in [0.1, 0.15) is 12.3 Å². The van der Waals surface area contributed by atoms with E-state index in [0.717, 1.165) is 22.6 Å². The zero-order chi connectivity index (χ0) is 11.4. The van der Waals surface area contributed by atoms with Crippen molar-refractivity contribution >= 4 is 11.7 Å². The summed E-state index contributed by atoms with van der Waals surface area (Å²) in [6.45, 7) is 3.80. The summed E-state index contributed by atoms with van der Waals surface area (Å²) >= 11 is 0. The highest BCUT2D eigenvalue weighted by Crippen LogP contribution is 2.26. The SMILES string of the molecule is COc1ccc(NCC(=O)O)c(C)c1C. The molecule has 0 atom stereocenters. The molecule has 0 unspecified atom stereocenters.